The van der Waals surface area contributed by atoms with Crippen molar-refractivity contribution in [1.29, 1.82) is 0 Å². The van der Waals surface area contributed by atoms with Gasteiger partial charge >= 0.3 is 11.9 Å². The average Bonchev–Trinajstić information content (AvgIpc) is 2.80. The second-order valence-electron chi connectivity index (χ2n) is 6.76. The largest absolute Gasteiger partial charge is 0.496 e. The highest BCUT2D eigenvalue weighted by Gasteiger charge is 2.22. The lowest BCUT2D eigenvalue weighted by atomic mass is 10.1. The van der Waals surface area contributed by atoms with Gasteiger partial charge in [0.1, 0.15) is 22.6 Å². The number of esters is 1. The smallest absolute Gasteiger partial charge is 0.341 e. The molecule has 0 spiro atoms. The topological polar surface area (TPSA) is 184 Å². The summed E-state index contributed by atoms with van der Waals surface area (Å²) in [5.41, 5.74) is -0.555. The molecule has 1 N–H and O–H groups in total. The van der Waals surface area contributed by atoms with Crippen LogP contribution in [0.25, 0.3) is 0 Å². The van der Waals surface area contributed by atoms with E-state index >= 15 is 0 Å². The summed E-state index contributed by atoms with van der Waals surface area (Å²) < 4.78 is 60.1. The molecule has 2 aromatic carbocycles. The van der Waals surface area contributed by atoms with E-state index in [0.29, 0.717) is 12.6 Å². The Morgan fingerprint density at radius 3 is 1.40 bits per heavy atom. The van der Waals surface area contributed by atoms with E-state index < -0.39 is 31.6 Å². The van der Waals surface area contributed by atoms with Gasteiger partial charge in [0.2, 0.25) is 0 Å². The first-order valence-electron chi connectivity index (χ1n) is 9.22. The zero-order valence-corrected chi connectivity index (χ0v) is 20.9. The van der Waals surface area contributed by atoms with Crippen LogP contribution >= 0.6 is 0 Å². The minimum absolute atomic E-state index is 0.0500. The first kappa shape index (κ1) is 29.3. The van der Waals surface area contributed by atoms with Crippen LogP contribution in [-0.2, 0) is 24.4 Å². The quantitative estimate of drug-likeness (QED) is 0.382. The van der Waals surface area contributed by atoms with Gasteiger partial charge in [-0.1, -0.05) is 0 Å². The highest BCUT2D eigenvalue weighted by molar-refractivity contribution is 7.91. The Balaban J connectivity index is 0.000000351. The first-order valence-corrected chi connectivity index (χ1v) is 13.0. The van der Waals surface area contributed by atoms with Gasteiger partial charge < -0.3 is 19.3 Å². The molecule has 0 saturated carbocycles. The molecule has 0 aliphatic rings. The highest BCUT2D eigenvalue weighted by Crippen LogP contribution is 2.27. The molecule has 0 amide bonds. The van der Waals surface area contributed by atoms with E-state index in [9.17, 15) is 36.0 Å². The average molecular weight is 531 g/mol. The second kappa shape index (κ2) is 11.6. The van der Waals surface area contributed by atoms with Crippen LogP contribution in [0.1, 0.15) is 41.4 Å². The Morgan fingerprint density at radius 2 is 1.11 bits per heavy atom. The molecule has 14 heteroatoms. The molecule has 0 radical (unpaired) electrons. The molecule has 0 atom stereocenters. The minimum Gasteiger partial charge on any atom is -0.496 e. The van der Waals surface area contributed by atoms with Gasteiger partial charge in [-0.2, -0.15) is 0 Å². The number of methoxy groups -OCH3 is 3. The lowest BCUT2D eigenvalue weighted by Gasteiger charge is -2.10. The number of carbonyl (C=O) groups excluding carboxylic acids is 3. The monoisotopic (exact) mass is 530 g/mol. The molecule has 190 valence electrons. The molecule has 0 heterocycles. The maximum atomic E-state index is 11.5. The molecule has 0 saturated heterocycles. The molecule has 0 aliphatic carbocycles. The summed E-state index contributed by atoms with van der Waals surface area (Å²) in [6, 6.07) is 4.27. The van der Waals surface area contributed by atoms with Crippen molar-refractivity contribution in [2.24, 2.45) is 0 Å². The highest BCUT2D eigenvalue weighted by atomic mass is 32.2. The molecule has 0 fully saturated rings. The van der Waals surface area contributed by atoms with E-state index in [1.165, 1.54) is 20.3 Å². The van der Waals surface area contributed by atoms with Gasteiger partial charge in [0.25, 0.3) is 0 Å². The number of benzene rings is 2. The summed E-state index contributed by atoms with van der Waals surface area (Å²) in [6.07, 6.45) is 2.57. The zero-order chi connectivity index (χ0) is 27.1. The number of carbonyl (C=O) groups is 4. The maximum Gasteiger partial charge on any atom is 0.341 e. The normalized spacial score (nSPS) is 10.9. The Morgan fingerprint density at radius 1 is 0.743 bits per heavy atom. The van der Waals surface area contributed by atoms with Crippen LogP contribution in [0.4, 0.5) is 0 Å². The van der Waals surface area contributed by atoms with E-state index in [1.807, 2.05) is 0 Å². The van der Waals surface area contributed by atoms with E-state index in [2.05, 4.69) is 4.74 Å². The standard InChI is InChI=1S/C11H12O6S.C10H10O6S/c1-16-9-4-7(6-12)10(18(3,14)15)5-8(9)11(13)17-2;1-16-8-3-6(5-11)9(17(2,14)15)4-7(8)10(12)13/h4-6H,1-3H3;3-5H,1-2H3,(H,12,13). The molecule has 0 bridgehead atoms. The molecular weight excluding hydrogens is 508 g/mol. The summed E-state index contributed by atoms with van der Waals surface area (Å²) in [6.45, 7) is 0. The zero-order valence-electron chi connectivity index (χ0n) is 19.2. The number of hydrogen-bond acceptors (Lipinski definition) is 11. The lowest BCUT2D eigenvalue weighted by Crippen LogP contribution is -2.09. The van der Waals surface area contributed by atoms with E-state index in [1.54, 1.807) is 0 Å². The number of aldehydes is 2. The van der Waals surface area contributed by atoms with Crippen molar-refractivity contribution in [3.8, 4) is 11.5 Å². The molecule has 2 rings (SSSR count). The Kier molecular flexibility index (Phi) is 9.67. The Hall–Kier alpha value is -3.78. The van der Waals surface area contributed by atoms with Gasteiger partial charge in [0.05, 0.1) is 31.1 Å². The Labute approximate surface area is 201 Å². The van der Waals surface area contributed by atoms with Crippen molar-refractivity contribution in [1.82, 2.24) is 0 Å². The Bertz CT molecular complexity index is 1370. The van der Waals surface area contributed by atoms with Crippen LogP contribution in [0.15, 0.2) is 34.1 Å². The molecule has 0 aromatic heterocycles. The predicted octanol–water partition coefficient (Wildman–Crippen LogP) is 1.31. The third-order valence-electron chi connectivity index (χ3n) is 4.35. The van der Waals surface area contributed by atoms with Crippen molar-refractivity contribution >= 4 is 44.2 Å². The summed E-state index contributed by atoms with van der Waals surface area (Å²) in [5, 5.41) is 8.89. The lowest BCUT2D eigenvalue weighted by molar-refractivity contribution is 0.0595. The SMILES string of the molecule is COC(=O)c1cc(S(C)(=O)=O)c(C=O)cc1OC.COc1cc(C=O)c(S(C)(=O)=O)cc1C(=O)O. The van der Waals surface area contributed by atoms with Crippen LogP contribution in [0.2, 0.25) is 0 Å². The maximum absolute atomic E-state index is 11.5. The van der Waals surface area contributed by atoms with Crippen molar-refractivity contribution in [2.75, 3.05) is 33.8 Å². The molecule has 0 aliphatic heterocycles. The first-order chi connectivity index (χ1) is 16.2. The fourth-order valence-electron chi connectivity index (χ4n) is 2.75. The van der Waals surface area contributed by atoms with Gasteiger partial charge in [-0.05, 0) is 24.3 Å². The van der Waals surface area contributed by atoms with Crippen molar-refractivity contribution in [3.05, 3.63) is 46.5 Å². The van der Waals surface area contributed by atoms with Gasteiger partial charge in [0.15, 0.2) is 32.2 Å². The number of carboxylic acid groups (broad SMARTS) is 1. The fourth-order valence-corrected chi connectivity index (χ4v) is 4.49. The molecule has 12 nitrogen and oxygen atoms in total. The third-order valence-corrected chi connectivity index (χ3v) is 6.66. The fraction of sp³-hybridized carbons (Fsp3) is 0.238. The van der Waals surface area contributed by atoms with Crippen LogP contribution in [0.3, 0.4) is 0 Å². The molecule has 35 heavy (non-hydrogen) atoms. The van der Waals surface area contributed by atoms with Crippen molar-refractivity contribution < 1.29 is 55.3 Å². The molecular formula is C21H22O12S2. The number of ether oxygens (including phenoxy) is 3. The van der Waals surface area contributed by atoms with Gasteiger partial charge in [-0.15, -0.1) is 0 Å². The number of rotatable bonds is 8. The summed E-state index contributed by atoms with van der Waals surface area (Å²) in [7, 11) is -3.61. The van der Waals surface area contributed by atoms with E-state index in [4.69, 9.17) is 14.6 Å². The summed E-state index contributed by atoms with van der Waals surface area (Å²) in [4.78, 5) is 43.4. The predicted molar refractivity (Wildman–Crippen MR) is 121 cm³/mol. The number of sulfone groups is 2. The number of carboxylic acids is 1. The van der Waals surface area contributed by atoms with Crippen LogP contribution in [0, 0.1) is 0 Å². The van der Waals surface area contributed by atoms with Crippen LogP contribution < -0.4 is 9.47 Å². The van der Waals surface area contributed by atoms with Crippen LogP contribution in [-0.4, -0.2) is 80.3 Å². The van der Waals surface area contributed by atoms with E-state index in [0.717, 1.165) is 37.8 Å². The van der Waals surface area contributed by atoms with Gasteiger partial charge in [0, 0.05) is 23.6 Å². The van der Waals surface area contributed by atoms with Gasteiger partial charge in [-0.25, -0.2) is 26.4 Å². The molecule has 2 aromatic rings. The van der Waals surface area contributed by atoms with E-state index in [-0.39, 0.29) is 43.5 Å². The van der Waals surface area contributed by atoms with Crippen LogP contribution in [0.5, 0.6) is 11.5 Å². The summed E-state index contributed by atoms with van der Waals surface area (Å²) >= 11 is 0. The number of aromatic carboxylic acids is 1. The van der Waals surface area contributed by atoms with Gasteiger partial charge in [-0.3, -0.25) is 9.59 Å². The van der Waals surface area contributed by atoms with Crippen molar-refractivity contribution in [3.63, 3.8) is 0 Å². The second-order valence-corrected chi connectivity index (χ2v) is 10.7. The van der Waals surface area contributed by atoms with Crippen molar-refractivity contribution in [2.45, 2.75) is 9.79 Å². The molecule has 0 unspecified atom stereocenters. The number of hydrogen-bond donors (Lipinski definition) is 1. The minimum atomic E-state index is -3.68. The third kappa shape index (κ3) is 7.10. The summed E-state index contributed by atoms with van der Waals surface area (Å²) in [5.74, 6) is -2.05.